The van der Waals surface area contributed by atoms with Gasteiger partial charge in [0, 0.05) is 15.9 Å². The van der Waals surface area contributed by atoms with Crippen molar-refractivity contribution in [1.29, 1.82) is 0 Å². The Morgan fingerprint density at radius 2 is 1.89 bits per heavy atom. The van der Waals surface area contributed by atoms with Crippen molar-refractivity contribution in [3.63, 3.8) is 0 Å². The van der Waals surface area contributed by atoms with Crippen LogP contribution in [-0.4, -0.2) is 10.9 Å². The van der Waals surface area contributed by atoms with Crippen LogP contribution in [0.5, 0.6) is 0 Å². The van der Waals surface area contributed by atoms with Crippen LogP contribution in [0.25, 0.3) is 0 Å². The highest BCUT2D eigenvalue weighted by Gasteiger charge is 2.10. The number of rotatable bonds is 2. The van der Waals surface area contributed by atoms with Gasteiger partial charge in [0.15, 0.2) is 0 Å². The Morgan fingerprint density at radius 1 is 1.16 bits per heavy atom. The average molecular weight is 319 g/mol. The molecule has 1 aromatic carbocycles. The molecule has 3 nitrogen and oxygen atoms in total. The summed E-state index contributed by atoms with van der Waals surface area (Å²) < 4.78 is 0.993. The zero-order chi connectivity index (χ0) is 14.0. The maximum Gasteiger partial charge on any atom is 0.274 e. The second-order valence-electron chi connectivity index (χ2n) is 4.58. The number of nitrogens with one attached hydrogen (secondary N) is 1. The first-order valence-corrected chi connectivity index (χ1v) is 6.78. The van der Waals surface area contributed by atoms with E-state index in [1.165, 1.54) is 0 Å². The molecule has 0 saturated carbocycles. The van der Waals surface area contributed by atoms with Crippen molar-refractivity contribution in [1.82, 2.24) is 4.98 Å². The minimum absolute atomic E-state index is 0.183. The minimum Gasteiger partial charge on any atom is -0.320 e. The fraction of sp³-hybridized carbons (Fsp3) is 0.200. The second-order valence-corrected chi connectivity index (χ2v) is 5.50. The number of benzene rings is 1. The van der Waals surface area contributed by atoms with E-state index < -0.39 is 0 Å². The molecule has 0 bridgehead atoms. The van der Waals surface area contributed by atoms with Gasteiger partial charge in [0.2, 0.25) is 0 Å². The van der Waals surface area contributed by atoms with Crippen molar-refractivity contribution < 1.29 is 4.79 Å². The minimum atomic E-state index is -0.183. The first kappa shape index (κ1) is 13.7. The quantitative estimate of drug-likeness (QED) is 0.908. The van der Waals surface area contributed by atoms with Crippen LogP contribution in [0, 0.1) is 20.8 Å². The Balaban J connectivity index is 2.25. The monoisotopic (exact) mass is 318 g/mol. The highest BCUT2D eigenvalue weighted by atomic mass is 79.9. The van der Waals surface area contributed by atoms with Crippen LogP contribution >= 0.6 is 15.9 Å². The van der Waals surface area contributed by atoms with Gasteiger partial charge in [0.25, 0.3) is 5.91 Å². The lowest BCUT2D eigenvalue weighted by molar-refractivity contribution is 0.102. The lowest BCUT2D eigenvalue weighted by Crippen LogP contribution is -2.15. The normalized spacial score (nSPS) is 10.3. The zero-order valence-corrected chi connectivity index (χ0v) is 12.7. The fourth-order valence-corrected chi connectivity index (χ4v) is 2.39. The molecule has 0 spiro atoms. The number of carbonyl (C=O) groups excluding carboxylic acids is 1. The molecule has 19 heavy (non-hydrogen) atoms. The molecule has 0 aliphatic carbocycles. The van der Waals surface area contributed by atoms with Gasteiger partial charge in [-0.1, -0.05) is 15.9 Å². The second kappa shape index (κ2) is 5.53. The van der Waals surface area contributed by atoms with Gasteiger partial charge < -0.3 is 5.32 Å². The molecule has 1 aromatic heterocycles. The van der Waals surface area contributed by atoms with Gasteiger partial charge in [-0.25, -0.2) is 4.98 Å². The molecule has 2 rings (SSSR count). The number of anilines is 1. The number of nitrogens with zero attached hydrogens (tertiary/aromatic N) is 1. The summed E-state index contributed by atoms with van der Waals surface area (Å²) in [6.45, 7) is 5.79. The highest BCUT2D eigenvalue weighted by molar-refractivity contribution is 9.10. The van der Waals surface area contributed by atoms with Gasteiger partial charge in [0.1, 0.15) is 5.69 Å². The first-order chi connectivity index (χ1) is 8.95. The van der Waals surface area contributed by atoms with Crippen LogP contribution in [-0.2, 0) is 0 Å². The van der Waals surface area contributed by atoms with Gasteiger partial charge in [-0.3, -0.25) is 4.79 Å². The molecule has 1 amide bonds. The predicted octanol–water partition coefficient (Wildman–Crippen LogP) is 4.02. The number of hydrogen-bond donors (Lipinski definition) is 1. The largest absolute Gasteiger partial charge is 0.320 e. The molecule has 98 valence electrons. The van der Waals surface area contributed by atoms with Gasteiger partial charge in [0.05, 0.1) is 0 Å². The van der Waals surface area contributed by atoms with Crippen LogP contribution in [0.4, 0.5) is 5.69 Å². The molecule has 1 N–H and O–H groups in total. The van der Waals surface area contributed by atoms with E-state index in [9.17, 15) is 4.79 Å². The van der Waals surface area contributed by atoms with Crippen molar-refractivity contribution in [2.45, 2.75) is 20.8 Å². The molecular formula is C15H15BrN2O. The molecule has 0 unspecified atom stereocenters. The summed E-state index contributed by atoms with van der Waals surface area (Å²) in [7, 11) is 0. The van der Waals surface area contributed by atoms with Crippen LogP contribution in [0.3, 0.4) is 0 Å². The maximum absolute atomic E-state index is 12.2. The third-order valence-corrected chi connectivity index (χ3v) is 3.26. The molecule has 0 atom stereocenters. The van der Waals surface area contributed by atoms with Crippen molar-refractivity contribution in [3.8, 4) is 0 Å². The van der Waals surface area contributed by atoms with E-state index >= 15 is 0 Å². The Bertz CT molecular complexity index is 618. The van der Waals surface area contributed by atoms with Gasteiger partial charge in [-0.2, -0.15) is 0 Å². The fourth-order valence-electron chi connectivity index (χ4n) is 1.91. The Kier molecular flexibility index (Phi) is 4.00. The van der Waals surface area contributed by atoms with E-state index in [0.29, 0.717) is 5.69 Å². The Hall–Kier alpha value is -1.68. The first-order valence-electron chi connectivity index (χ1n) is 5.98. The van der Waals surface area contributed by atoms with Crippen LogP contribution < -0.4 is 5.32 Å². The molecule has 0 aliphatic heterocycles. The average Bonchev–Trinajstić information content (AvgIpc) is 2.31. The number of amides is 1. The zero-order valence-electron chi connectivity index (χ0n) is 11.1. The third kappa shape index (κ3) is 3.41. The van der Waals surface area contributed by atoms with Crippen LogP contribution in [0.1, 0.15) is 27.3 Å². The van der Waals surface area contributed by atoms with Gasteiger partial charge in [-0.15, -0.1) is 0 Å². The number of aromatic nitrogens is 1. The number of carbonyl (C=O) groups is 1. The van der Waals surface area contributed by atoms with Crippen LogP contribution in [0.15, 0.2) is 34.8 Å². The smallest absolute Gasteiger partial charge is 0.274 e. The van der Waals surface area contributed by atoms with Gasteiger partial charge >= 0.3 is 0 Å². The summed E-state index contributed by atoms with van der Waals surface area (Å²) in [5.41, 5.74) is 4.13. The summed E-state index contributed by atoms with van der Waals surface area (Å²) in [5.74, 6) is -0.183. The number of hydrogen-bond acceptors (Lipinski definition) is 2. The van der Waals surface area contributed by atoms with Crippen molar-refractivity contribution in [3.05, 3.63) is 57.3 Å². The summed E-state index contributed by atoms with van der Waals surface area (Å²) in [6.07, 6.45) is 0. The van der Waals surface area contributed by atoms with Crippen molar-refractivity contribution >= 4 is 27.5 Å². The number of aryl methyl sites for hydroxylation is 3. The molecule has 2 aromatic rings. The molecule has 0 aliphatic rings. The van der Waals surface area contributed by atoms with E-state index in [-0.39, 0.29) is 5.91 Å². The van der Waals surface area contributed by atoms with E-state index in [2.05, 4.69) is 26.2 Å². The maximum atomic E-state index is 12.2. The Labute approximate surface area is 121 Å². The SMILES string of the molecule is Cc1cc(C)nc(C(=O)Nc2ccc(Br)cc2C)c1. The predicted molar refractivity (Wildman–Crippen MR) is 80.5 cm³/mol. The van der Waals surface area contributed by atoms with E-state index in [0.717, 1.165) is 27.0 Å². The highest BCUT2D eigenvalue weighted by Crippen LogP contribution is 2.20. The molecule has 1 heterocycles. The Morgan fingerprint density at radius 3 is 2.53 bits per heavy atom. The van der Waals surface area contributed by atoms with Crippen molar-refractivity contribution in [2.24, 2.45) is 0 Å². The summed E-state index contributed by atoms with van der Waals surface area (Å²) in [4.78, 5) is 16.4. The topological polar surface area (TPSA) is 42.0 Å². The third-order valence-electron chi connectivity index (χ3n) is 2.77. The van der Waals surface area contributed by atoms with Gasteiger partial charge in [-0.05, 0) is 62.2 Å². The standard InChI is InChI=1S/C15H15BrN2O/c1-9-6-11(3)17-14(7-9)15(19)18-13-5-4-12(16)8-10(13)2/h4-8H,1-3H3,(H,18,19). The molecule has 0 radical (unpaired) electrons. The van der Waals surface area contributed by atoms with E-state index in [1.807, 2.05) is 45.0 Å². The lowest BCUT2D eigenvalue weighted by Gasteiger charge is -2.09. The summed E-state index contributed by atoms with van der Waals surface area (Å²) in [6, 6.07) is 9.47. The van der Waals surface area contributed by atoms with Crippen LogP contribution in [0.2, 0.25) is 0 Å². The lowest BCUT2D eigenvalue weighted by atomic mass is 10.2. The van der Waals surface area contributed by atoms with E-state index in [4.69, 9.17) is 0 Å². The molecule has 4 heteroatoms. The molecule has 0 fully saturated rings. The van der Waals surface area contributed by atoms with Crippen molar-refractivity contribution in [2.75, 3.05) is 5.32 Å². The summed E-state index contributed by atoms with van der Waals surface area (Å²) >= 11 is 3.40. The summed E-state index contributed by atoms with van der Waals surface area (Å²) in [5, 5.41) is 2.89. The molecular weight excluding hydrogens is 304 g/mol. The number of pyridine rings is 1. The number of halogens is 1. The molecule has 0 saturated heterocycles. The van der Waals surface area contributed by atoms with E-state index in [1.54, 1.807) is 6.07 Å².